The molecule has 1 heterocycles. The van der Waals surface area contributed by atoms with Crippen LogP contribution in [0.25, 0.3) is 0 Å². The Kier molecular flexibility index (Phi) is 6.86. The quantitative estimate of drug-likeness (QED) is 0.769. The Balaban J connectivity index is 1.53. The molecule has 2 N–H and O–H groups in total. The van der Waals surface area contributed by atoms with Crippen molar-refractivity contribution in [1.29, 1.82) is 0 Å². The highest BCUT2D eigenvalue weighted by molar-refractivity contribution is 5.85. The van der Waals surface area contributed by atoms with Crippen LogP contribution in [-0.4, -0.2) is 47.7 Å². The Bertz CT molecular complexity index is 807. The monoisotopic (exact) mass is 406 g/mol. The second-order valence-electron chi connectivity index (χ2n) is 8.90. The van der Waals surface area contributed by atoms with E-state index in [1.807, 2.05) is 11.0 Å². The molecule has 1 aliphatic carbocycles. The van der Waals surface area contributed by atoms with Gasteiger partial charge in [-0.25, -0.2) is 0 Å². The lowest BCUT2D eigenvalue weighted by Gasteiger charge is -2.41. The van der Waals surface area contributed by atoms with Gasteiger partial charge in [-0.15, -0.1) is 0 Å². The number of aliphatic hydroxyl groups is 1. The minimum Gasteiger partial charge on any atom is -0.389 e. The van der Waals surface area contributed by atoms with Crippen molar-refractivity contribution in [2.45, 2.75) is 56.5 Å². The zero-order valence-electron chi connectivity index (χ0n) is 17.9. The summed E-state index contributed by atoms with van der Waals surface area (Å²) in [6.07, 6.45) is 6.55. The number of benzene rings is 2. The molecule has 4 rings (SSSR count). The van der Waals surface area contributed by atoms with E-state index >= 15 is 0 Å². The van der Waals surface area contributed by atoms with E-state index in [0.29, 0.717) is 12.8 Å². The van der Waals surface area contributed by atoms with Gasteiger partial charge in [-0.05, 0) is 42.4 Å². The minimum absolute atomic E-state index is 0.0953. The lowest BCUT2D eigenvalue weighted by molar-refractivity contribution is -0.142. The maximum atomic E-state index is 13.5. The number of amides is 1. The number of rotatable bonds is 6. The summed E-state index contributed by atoms with van der Waals surface area (Å²) in [5.74, 6) is -0.364. The molecule has 0 aromatic heterocycles. The Labute approximate surface area is 180 Å². The van der Waals surface area contributed by atoms with Crippen LogP contribution in [0.15, 0.2) is 54.6 Å². The molecule has 1 saturated heterocycles. The molecule has 0 spiro atoms. The Morgan fingerprint density at radius 1 is 0.900 bits per heavy atom. The first-order chi connectivity index (χ1) is 14.7. The van der Waals surface area contributed by atoms with Crippen LogP contribution in [-0.2, 0) is 17.6 Å². The minimum atomic E-state index is -0.925. The van der Waals surface area contributed by atoms with Gasteiger partial charge >= 0.3 is 0 Å². The molecule has 0 bridgehead atoms. The molecule has 1 amide bonds. The smallest absolute Gasteiger partial charge is 0.233 e. The third-order valence-corrected chi connectivity index (χ3v) is 6.79. The number of hydrogen-bond donors (Lipinski definition) is 2. The summed E-state index contributed by atoms with van der Waals surface area (Å²) >= 11 is 0. The topological polar surface area (TPSA) is 52.6 Å². The van der Waals surface area contributed by atoms with Crippen LogP contribution >= 0.6 is 0 Å². The van der Waals surface area contributed by atoms with Crippen LogP contribution in [0.1, 0.15) is 54.7 Å². The number of carbonyl (C=O) groups is 1. The average Bonchev–Trinajstić information content (AvgIpc) is 2.80. The first-order valence-corrected chi connectivity index (χ1v) is 11.5. The van der Waals surface area contributed by atoms with E-state index in [0.717, 1.165) is 63.8 Å². The largest absolute Gasteiger partial charge is 0.389 e. The van der Waals surface area contributed by atoms with Gasteiger partial charge in [0.2, 0.25) is 5.91 Å². The van der Waals surface area contributed by atoms with Crippen LogP contribution < -0.4 is 5.32 Å². The fraction of sp³-hybridized carbons (Fsp3) is 0.500. The van der Waals surface area contributed by atoms with Crippen molar-refractivity contribution in [2.24, 2.45) is 0 Å². The second-order valence-corrected chi connectivity index (χ2v) is 8.90. The number of nitrogens with one attached hydrogen (secondary N) is 1. The summed E-state index contributed by atoms with van der Waals surface area (Å²) in [6, 6.07) is 19.0. The highest BCUT2D eigenvalue weighted by atomic mass is 16.3. The molecule has 30 heavy (non-hydrogen) atoms. The van der Waals surface area contributed by atoms with E-state index < -0.39 is 11.5 Å². The second kappa shape index (κ2) is 9.76. The molecule has 2 aromatic carbocycles. The number of piperazine rings is 1. The predicted molar refractivity (Wildman–Crippen MR) is 121 cm³/mol. The molecule has 2 fully saturated rings. The third-order valence-electron chi connectivity index (χ3n) is 6.79. The summed E-state index contributed by atoms with van der Waals surface area (Å²) < 4.78 is 0. The van der Waals surface area contributed by atoms with Crippen molar-refractivity contribution >= 4 is 5.91 Å². The number of hydrogen-bond acceptors (Lipinski definition) is 3. The standard InChI is InChI=1S/C26H34N2O2/c29-25(28-19-17-27-18-20-28)24(26(30)15-5-2-6-16-26)23-13-11-22(12-14-23)10-9-21-7-3-1-4-8-21/h1,3-4,7-8,11-14,24,27,30H,2,5-6,9-10,15-20H2. The summed E-state index contributed by atoms with van der Waals surface area (Å²) in [5.41, 5.74) is 2.65. The molecule has 0 radical (unpaired) electrons. The Hall–Kier alpha value is -2.17. The van der Waals surface area contributed by atoms with Gasteiger partial charge in [0, 0.05) is 26.2 Å². The van der Waals surface area contributed by atoms with Gasteiger partial charge in [-0.3, -0.25) is 4.79 Å². The molecule has 4 heteroatoms. The normalized spacial score (nSPS) is 20.0. The predicted octanol–water partition coefficient (Wildman–Crippen LogP) is 3.68. The van der Waals surface area contributed by atoms with Gasteiger partial charge in [0.1, 0.15) is 0 Å². The number of aryl methyl sites for hydroxylation is 2. The maximum absolute atomic E-state index is 13.5. The van der Waals surface area contributed by atoms with Crippen LogP contribution in [0.2, 0.25) is 0 Å². The number of carbonyl (C=O) groups excluding carboxylic acids is 1. The van der Waals surface area contributed by atoms with Crippen LogP contribution in [0.3, 0.4) is 0 Å². The van der Waals surface area contributed by atoms with E-state index in [1.54, 1.807) is 0 Å². The summed E-state index contributed by atoms with van der Waals surface area (Å²) in [6.45, 7) is 3.10. The van der Waals surface area contributed by atoms with Gasteiger partial charge in [0.05, 0.1) is 11.5 Å². The summed E-state index contributed by atoms with van der Waals surface area (Å²) in [7, 11) is 0. The van der Waals surface area contributed by atoms with Gasteiger partial charge < -0.3 is 15.3 Å². The third kappa shape index (κ3) is 4.93. The fourth-order valence-electron chi connectivity index (χ4n) is 5.01. The molecule has 1 unspecified atom stereocenters. The van der Waals surface area contributed by atoms with E-state index in [9.17, 15) is 9.90 Å². The van der Waals surface area contributed by atoms with Crippen molar-refractivity contribution in [3.8, 4) is 0 Å². The lowest BCUT2D eigenvalue weighted by atomic mass is 9.72. The van der Waals surface area contributed by atoms with E-state index in [2.05, 4.69) is 53.8 Å². The van der Waals surface area contributed by atoms with E-state index in [-0.39, 0.29) is 5.91 Å². The molecule has 4 nitrogen and oxygen atoms in total. The zero-order valence-corrected chi connectivity index (χ0v) is 17.9. The van der Waals surface area contributed by atoms with Crippen molar-refractivity contribution < 1.29 is 9.90 Å². The van der Waals surface area contributed by atoms with E-state index in [1.165, 1.54) is 11.1 Å². The van der Waals surface area contributed by atoms with E-state index in [4.69, 9.17) is 0 Å². The van der Waals surface area contributed by atoms with Gasteiger partial charge in [-0.1, -0.05) is 73.9 Å². The molecule has 160 valence electrons. The van der Waals surface area contributed by atoms with Gasteiger partial charge in [0.15, 0.2) is 0 Å². The first kappa shape index (κ1) is 21.1. The maximum Gasteiger partial charge on any atom is 0.233 e. The summed E-state index contributed by atoms with van der Waals surface area (Å²) in [4.78, 5) is 15.5. The van der Waals surface area contributed by atoms with Gasteiger partial charge in [-0.2, -0.15) is 0 Å². The van der Waals surface area contributed by atoms with Crippen LogP contribution in [0, 0.1) is 0 Å². The molecule has 2 aromatic rings. The van der Waals surface area contributed by atoms with Crippen molar-refractivity contribution in [3.05, 3.63) is 71.3 Å². The Morgan fingerprint density at radius 3 is 2.13 bits per heavy atom. The van der Waals surface area contributed by atoms with Crippen LogP contribution in [0.4, 0.5) is 0 Å². The number of nitrogens with zero attached hydrogens (tertiary/aromatic N) is 1. The SMILES string of the molecule is O=C(C(c1ccc(CCc2ccccc2)cc1)C1(O)CCCCC1)N1CCNCC1. The lowest BCUT2D eigenvalue weighted by Crippen LogP contribution is -2.53. The van der Waals surface area contributed by atoms with Crippen molar-refractivity contribution in [1.82, 2.24) is 10.2 Å². The summed E-state index contributed by atoms with van der Waals surface area (Å²) in [5, 5.41) is 14.9. The molecular formula is C26H34N2O2. The molecule has 1 atom stereocenters. The molecular weight excluding hydrogens is 372 g/mol. The highest BCUT2D eigenvalue weighted by Crippen LogP contribution is 2.41. The average molecular weight is 407 g/mol. The zero-order chi connectivity index (χ0) is 20.8. The fourth-order valence-corrected chi connectivity index (χ4v) is 5.01. The molecule has 2 aliphatic rings. The molecule has 1 saturated carbocycles. The van der Waals surface area contributed by atoms with Gasteiger partial charge in [0.25, 0.3) is 0 Å². The van der Waals surface area contributed by atoms with Crippen molar-refractivity contribution in [2.75, 3.05) is 26.2 Å². The molecule has 1 aliphatic heterocycles. The first-order valence-electron chi connectivity index (χ1n) is 11.5. The van der Waals surface area contributed by atoms with Crippen LogP contribution in [0.5, 0.6) is 0 Å². The van der Waals surface area contributed by atoms with Crippen molar-refractivity contribution in [3.63, 3.8) is 0 Å². The Morgan fingerprint density at radius 2 is 1.50 bits per heavy atom. The highest BCUT2D eigenvalue weighted by Gasteiger charge is 2.44.